The Kier molecular flexibility index (Phi) is 7.36. The summed E-state index contributed by atoms with van der Waals surface area (Å²) in [6.45, 7) is 4.36. The lowest BCUT2D eigenvalue weighted by Crippen LogP contribution is -2.16. The summed E-state index contributed by atoms with van der Waals surface area (Å²) in [4.78, 5) is 12.3. The van der Waals surface area contributed by atoms with E-state index in [-0.39, 0.29) is 12.4 Å². The summed E-state index contributed by atoms with van der Waals surface area (Å²) in [5.74, 6) is 1.77. The van der Waals surface area contributed by atoms with Crippen LogP contribution in [0.5, 0.6) is 11.5 Å². The molecule has 0 saturated heterocycles. The van der Waals surface area contributed by atoms with Gasteiger partial charge in [0.1, 0.15) is 23.9 Å². The Balaban J connectivity index is 1.31. The van der Waals surface area contributed by atoms with Crippen molar-refractivity contribution in [2.45, 2.75) is 20.5 Å². The number of rotatable bonds is 8. The quantitative estimate of drug-likeness (QED) is 0.169. The van der Waals surface area contributed by atoms with E-state index in [9.17, 15) is 4.79 Å². The summed E-state index contributed by atoms with van der Waals surface area (Å²) in [7, 11) is 1.62. The molecule has 0 unspecified atom stereocenters. The number of hydrazone groups is 1. The van der Waals surface area contributed by atoms with Crippen LogP contribution in [-0.4, -0.2) is 23.8 Å². The average molecular weight is 569 g/mol. The third-order valence-electron chi connectivity index (χ3n) is 5.19. The minimum Gasteiger partial charge on any atom is -0.496 e. The molecule has 1 N–H and O–H groups in total. The van der Waals surface area contributed by atoms with Crippen LogP contribution < -0.4 is 14.9 Å². The lowest BCUT2D eigenvalue weighted by molar-refractivity contribution is 0.0923. The Morgan fingerprint density at radius 1 is 1.06 bits per heavy atom. The number of carbonyl (C=O) groups is 1. The third kappa shape index (κ3) is 5.51. The van der Waals surface area contributed by atoms with Crippen molar-refractivity contribution in [3.8, 4) is 17.2 Å². The molecule has 7 nitrogen and oxygen atoms in total. The number of nitrogens with zero attached hydrogens (tertiary/aromatic N) is 2. The van der Waals surface area contributed by atoms with Gasteiger partial charge in [-0.05, 0) is 109 Å². The number of halogens is 1. The molecule has 174 valence electrons. The van der Waals surface area contributed by atoms with E-state index >= 15 is 0 Å². The first-order chi connectivity index (χ1) is 16.4. The number of furan rings is 1. The average Bonchev–Trinajstić information content (AvgIpc) is 3.44. The minimum absolute atomic E-state index is 0.161. The van der Waals surface area contributed by atoms with E-state index in [4.69, 9.17) is 13.9 Å². The molecule has 2 heterocycles. The summed E-state index contributed by atoms with van der Waals surface area (Å²) in [5, 5.41) is 4.00. The van der Waals surface area contributed by atoms with Crippen molar-refractivity contribution in [1.29, 1.82) is 0 Å². The Labute approximate surface area is 211 Å². The van der Waals surface area contributed by atoms with Gasteiger partial charge in [-0.2, -0.15) is 5.10 Å². The minimum atomic E-state index is -0.437. The molecule has 8 heteroatoms. The molecule has 0 atom stereocenters. The van der Waals surface area contributed by atoms with Gasteiger partial charge in [0.25, 0.3) is 0 Å². The summed E-state index contributed by atoms with van der Waals surface area (Å²) in [6, 6.07) is 21.0. The standard InChI is InChI=1S/C26H24IN3O4/c1-17-4-5-18(2)30(17)20-7-9-21(10-8-20)33-16-22-11-13-25(34-22)26(31)29-28-15-19-6-12-24(32-3)23(27)14-19/h4-15H,16H2,1-3H3,(H,29,31)/b28-15+. The number of carbonyl (C=O) groups excluding carboxylic acids is 1. The van der Waals surface area contributed by atoms with Crippen LogP contribution in [0.4, 0.5) is 0 Å². The van der Waals surface area contributed by atoms with Gasteiger partial charge in [0.15, 0.2) is 5.76 Å². The number of hydrogen-bond donors (Lipinski definition) is 1. The number of aromatic nitrogens is 1. The fourth-order valence-corrected chi connectivity index (χ4v) is 4.24. The molecule has 0 aliphatic rings. The van der Waals surface area contributed by atoms with Gasteiger partial charge in [-0.25, -0.2) is 5.43 Å². The fraction of sp³-hybridized carbons (Fsp3) is 0.154. The van der Waals surface area contributed by atoms with Crippen molar-refractivity contribution in [3.05, 3.63) is 98.8 Å². The highest BCUT2D eigenvalue weighted by Crippen LogP contribution is 2.22. The SMILES string of the molecule is COc1ccc(/C=N/NC(=O)c2ccc(COc3ccc(-n4c(C)ccc4C)cc3)o2)cc1I. The zero-order valence-electron chi connectivity index (χ0n) is 19.0. The second-order valence-corrected chi connectivity index (χ2v) is 8.76. The van der Waals surface area contributed by atoms with E-state index in [0.29, 0.717) is 11.5 Å². The molecule has 2 aromatic heterocycles. The third-order valence-corrected chi connectivity index (χ3v) is 6.03. The molecule has 34 heavy (non-hydrogen) atoms. The first kappa shape index (κ1) is 23.6. The molecule has 0 aliphatic carbocycles. The Hall–Kier alpha value is -3.53. The van der Waals surface area contributed by atoms with Gasteiger partial charge < -0.3 is 18.5 Å². The van der Waals surface area contributed by atoms with Gasteiger partial charge in [-0.1, -0.05) is 0 Å². The highest BCUT2D eigenvalue weighted by atomic mass is 127. The fourth-order valence-electron chi connectivity index (χ4n) is 3.48. The lowest BCUT2D eigenvalue weighted by atomic mass is 10.2. The van der Waals surface area contributed by atoms with Gasteiger partial charge in [-0.15, -0.1) is 0 Å². The van der Waals surface area contributed by atoms with Crippen molar-refractivity contribution in [1.82, 2.24) is 9.99 Å². The molecule has 1 amide bonds. The molecule has 0 spiro atoms. The maximum absolute atomic E-state index is 12.3. The van der Waals surface area contributed by atoms with Crippen LogP contribution in [-0.2, 0) is 6.61 Å². The number of methoxy groups -OCH3 is 1. The maximum atomic E-state index is 12.3. The van der Waals surface area contributed by atoms with Crippen LogP contribution in [0, 0.1) is 17.4 Å². The molecule has 4 rings (SSSR count). The molecule has 0 bridgehead atoms. The van der Waals surface area contributed by atoms with Gasteiger partial charge >= 0.3 is 5.91 Å². The van der Waals surface area contributed by atoms with E-state index in [1.807, 2.05) is 42.5 Å². The molecule has 2 aromatic carbocycles. The summed E-state index contributed by atoms with van der Waals surface area (Å²) in [6.07, 6.45) is 1.56. The lowest BCUT2D eigenvalue weighted by Gasteiger charge is -2.10. The van der Waals surface area contributed by atoms with Crippen molar-refractivity contribution in [2.24, 2.45) is 5.10 Å². The molecule has 0 saturated carbocycles. The van der Waals surface area contributed by atoms with E-state index in [1.54, 1.807) is 25.5 Å². The predicted molar refractivity (Wildman–Crippen MR) is 139 cm³/mol. The van der Waals surface area contributed by atoms with Gasteiger partial charge in [0.2, 0.25) is 0 Å². The molecule has 0 fully saturated rings. The predicted octanol–water partition coefficient (Wildman–Crippen LogP) is 5.64. The van der Waals surface area contributed by atoms with Crippen molar-refractivity contribution < 1.29 is 18.7 Å². The van der Waals surface area contributed by atoms with E-state index in [1.165, 1.54) is 11.4 Å². The van der Waals surface area contributed by atoms with Gasteiger partial charge in [0.05, 0.1) is 16.9 Å². The highest BCUT2D eigenvalue weighted by molar-refractivity contribution is 14.1. The van der Waals surface area contributed by atoms with Crippen LogP contribution >= 0.6 is 22.6 Å². The van der Waals surface area contributed by atoms with E-state index < -0.39 is 5.91 Å². The number of amides is 1. The van der Waals surface area contributed by atoms with Crippen LogP contribution in [0.25, 0.3) is 5.69 Å². The number of ether oxygens (including phenoxy) is 2. The summed E-state index contributed by atoms with van der Waals surface area (Å²) in [5.41, 5.74) is 6.74. The summed E-state index contributed by atoms with van der Waals surface area (Å²) >= 11 is 2.18. The Morgan fingerprint density at radius 3 is 2.47 bits per heavy atom. The second kappa shape index (κ2) is 10.6. The number of benzene rings is 2. The molecular weight excluding hydrogens is 545 g/mol. The topological polar surface area (TPSA) is 78.0 Å². The highest BCUT2D eigenvalue weighted by Gasteiger charge is 2.11. The maximum Gasteiger partial charge on any atom is 0.307 e. The van der Waals surface area contributed by atoms with Crippen LogP contribution in [0.15, 0.2) is 76.2 Å². The molecule has 4 aromatic rings. The first-order valence-corrected chi connectivity index (χ1v) is 11.7. The summed E-state index contributed by atoms with van der Waals surface area (Å²) < 4.78 is 19.8. The number of aryl methyl sites for hydroxylation is 2. The number of hydrogen-bond acceptors (Lipinski definition) is 5. The van der Waals surface area contributed by atoms with Gasteiger partial charge in [0, 0.05) is 17.1 Å². The Morgan fingerprint density at radius 2 is 1.79 bits per heavy atom. The van der Waals surface area contributed by atoms with Crippen molar-refractivity contribution in [3.63, 3.8) is 0 Å². The normalized spacial score (nSPS) is 11.1. The monoisotopic (exact) mass is 569 g/mol. The van der Waals surface area contributed by atoms with Gasteiger partial charge in [-0.3, -0.25) is 4.79 Å². The largest absolute Gasteiger partial charge is 0.496 e. The number of nitrogens with one attached hydrogen (secondary N) is 1. The molecular formula is C26H24IN3O4. The zero-order valence-corrected chi connectivity index (χ0v) is 21.2. The first-order valence-electron chi connectivity index (χ1n) is 10.6. The second-order valence-electron chi connectivity index (χ2n) is 7.59. The van der Waals surface area contributed by atoms with Crippen LogP contribution in [0.1, 0.15) is 33.3 Å². The van der Waals surface area contributed by atoms with Crippen LogP contribution in [0.3, 0.4) is 0 Å². The smallest absolute Gasteiger partial charge is 0.307 e. The molecule has 0 radical (unpaired) electrons. The van der Waals surface area contributed by atoms with E-state index in [2.05, 4.69) is 63.7 Å². The van der Waals surface area contributed by atoms with E-state index in [0.717, 1.165) is 20.6 Å². The Bertz CT molecular complexity index is 1300. The van der Waals surface area contributed by atoms with Crippen molar-refractivity contribution >= 4 is 34.7 Å². The van der Waals surface area contributed by atoms with Crippen LogP contribution in [0.2, 0.25) is 0 Å². The van der Waals surface area contributed by atoms with Crippen molar-refractivity contribution in [2.75, 3.05) is 7.11 Å². The zero-order chi connectivity index (χ0) is 24.1. The molecule has 0 aliphatic heterocycles.